The number of rotatable bonds is 5. The molecule has 26 heavy (non-hydrogen) atoms. The van der Waals surface area contributed by atoms with Crippen LogP contribution >= 0.6 is 0 Å². The van der Waals surface area contributed by atoms with Crippen molar-refractivity contribution in [1.29, 1.82) is 0 Å². The van der Waals surface area contributed by atoms with Crippen LogP contribution in [-0.2, 0) is 11.2 Å². The molecule has 5 heteroatoms. The number of carbonyl (C=O) groups is 2. The third kappa shape index (κ3) is 3.31. The number of methoxy groups -OCH3 is 1. The van der Waals surface area contributed by atoms with Gasteiger partial charge in [-0.25, -0.2) is 4.79 Å². The largest absolute Gasteiger partial charge is 0.465 e. The van der Waals surface area contributed by atoms with Crippen LogP contribution in [0.25, 0.3) is 0 Å². The minimum Gasteiger partial charge on any atom is -0.465 e. The van der Waals surface area contributed by atoms with Gasteiger partial charge in [-0.2, -0.15) is 0 Å². The van der Waals surface area contributed by atoms with Gasteiger partial charge in [0.05, 0.1) is 24.4 Å². The number of aromatic nitrogens is 1. The molecule has 0 amide bonds. The first-order chi connectivity index (χ1) is 12.4. The zero-order valence-corrected chi connectivity index (χ0v) is 15.8. The Labute approximate surface area is 154 Å². The second kappa shape index (κ2) is 7.46. The van der Waals surface area contributed by atoms with Gasteiger partial charge in [0, 0.05) is 11.7 Å². The van der Waals surface area contributed by atoms with Crippen molar-refractivity contribution in [3.63, 3.8) is 0 Å². The number of benzene rings is 1. The maximum atomic E-state index is 13.0. The molecule has 2 aromatic rings. The van der Waals surface area contributed by atoms with Gasteiger partial charge in [-0.1, -0.05) is 24.3 Å². The summed E-state index contributed by atoms with van der Waals surface area (Å²) in [4.78, 5) is 28.0. The predicted molar refractivity (Wildman–Crippen MR) is 101 cm³/mol. The lowest BCUT2D eigenvalue weighted by Gasteiger charge is -2.28. The number of hydrogen-bond acceptors (Lipinski definition) is 4. The molecule has 1 aromatic heterocycles. The first-order valence-corrected chi connectivity index (χ1v) is 9.09. The van der Waals surface area contributed by atoms with Gasteiger partial charge >= 0.3 is 5.97 Å². The Morgan fingerprint density at radius 1 is 1.27 bits per heavy atom. The van der Waals surface area contributed by atoms with E-state index in [1.165, 1.54) is 18.2 Å². The fraction of sp³-hybridized carbons (Fsp3) is 0.429. The maximum absolute atomic E-state index is 13.0. The van der Waals surface area contributed by atoms with Gasteiger partial charge in [0.2, 0.25) is 0 Å². The first kappa shape index (κ1) is 18.4. The molecule has 3 rings (SSSR count). The highest BCUT2D eigenvalue weighted by Crippen LogP contribution is 2.30. The Morgan fingerprint density at radius 2 is 2.00 bits per heavy atom. The Balaban J connectivity index is 1.81. The van der Waals surface area contributed by atoms with E-state index in [1.807, 2.05) is 13.0 Å². The van der Waals surface area contributed by atoms with E-state index < -0.39 is 5.97 Å². The van der Waals surface area contributed by atoms with Crippen molar-refractivity contribution in [3.05, 3.63) is 57.9 Å². The Morgan fingerprint density at radius 3 is 2.73 bits per heavy atom. The van der Waals surface area contributed by atoms with Crippen molar-refractivity contribution in [2.24, 2.45) is 0 Å². The van der Waals surface area contributed by atoms with Crippen LogP contribution in [0.4, 0.5) is 0 Å². The van der Waals surface area contributed by atoms with E-state index >= 15 is 0 Å². The number of ketones is 1. The number of hydrogen-bond donors (Lipinski definition) is 2. The van der Waals surface area contributed by atoms with Crippen LogP contribution in [0.2, 0.25) is 0 Å². The normalized spacial score (nSPS) is 17.5. The Kier molecular flexibility index (Phi) is 5.28. The highest BCUT2D eigenvalue weighted by molar-refractivity contribution is 6.03. The number of nitrogens with one attached hydrogen (secondary N) is 2. The molecule has 2 N–H and O–H groups in total. The molecule has 0 unspecified atom stereocenters. The van der Waals surface area contributed by atoms with Crippen LogP contribution in [-0.4, -0.2) is 29.9 Å². The molecule has 0 aliphatic heterocycles. The van der Waals surface area contributed by atoms with Crippen molar-refractivity contribution in [2.45, 2.75) is 52.1 Å². The molecular weight excluding hydrogens is 328 g/mol. The van der Waals surface area contributed by atoms with Crippen molar-refractivity contribution in [3.8, 4) is 0 Å². The number of H-pyrrole nitrogens is 1. The third-order valence-electron chi connectivity index (χ3n) is 5.29. The van der Waals surface area contributed by atoms with Crippen LogP contribution in [0.1, 0.15) is 69.0 Å². The lowest BCUT2D eigenvalue weighted by molar-refractivity contribution is 0.0599. The zero-order chi connectivity index (χ0) is 18.8. The van der Waals surface area contributed by atoms with Gasteiger partial charge in [-0.15, -0.1) is 0 Å². The summed E-state index contributed by atoms with van der Waals surface area (Å²) in [5, 5.41) is 3.49. The smallest absolute Gasteiger partial charge is 0.339 e. The topological polar surface area (TPSA) is 71.2 Å². The molecule has 0 spiro atoms. The second-order valence-corrected chi connectivity index (χ2v) is 7.01. The molecule has 1 aliphatic carbocycles. The molecule has 2 atom stereocenters. The van der Waals surface area contributed by atoms with Crippen LogP contribution in [0.5, 0.6) is 0 Å². The van der Waals surface area contributed by atoms with E-state index in [9.17, 15) is 9.59 Å². The fourth-order valence-electron chi connectivity index (χ4n) is 3.93. The maximum Gasteiger partial charge on any atom is 0.339 e. The summed E-state index contributed by atoms with van der Waals surface area (Å²) in [6, 6.07) is 8.24. The standard InChI is InChI=1S/C21H26N2O3/c1-12-18(21(25)26-4)13(2)23-19(12)20(24)14(3)22-17-11-7-9-15-8-5-6-10-16(15)17/h5-6,8,10,14,17,22-23H,7,9,11H2,1-4H3/t14-,17+/m1/s1. The number of fused-ring (bicyclic) bond motifs is 1. The molecule has 0 bridgehead atoms. The summed E-state index contributed by atoms with van der Waals surface area (Å²) in [5.74, 6) is -0.457. The summed E-state index contributed by atoms with van der Waals surface area (Å²) in [7, 11) is 1.35. The first-order valence-electron chi connectivity index (χ1n) is 9.09. The fourth-order valence-corrected chi connectivity index (χ4v) is 3.93. The van der Waals surface area contributed by atoms with E-state index in [2.05, 4.69) is 28.5 Å². The molecular formula is C21H26N2O3. The summed E-state index contributed by atoms with van der Waals surface area (Å²) < 4.78 is 4.83. The number of Topliss-reactive ketones (excluding diaryl/α,β-unsaturated/α-hetero) is 1. The van der Waals surface area contributed by atoms with E-state index in [0.717, 1.165) is 19.3 Å². The van der Waals surface area contributed by atoms with Gasteiger partial charge in [0.15, 0.2) is 5.78 Å². The molecule has 0 fully saturated rings. The summed E-state index contributed by atoms with van der Waals surface area (Å²) in [6.45, 7) is 5.45. The van der Waals surface area contributed by atoms with Crippen molar-refractivity contribution >= 4 is 11.8 Å². The second-order valence-electron chi connectivity index (χ2n) is 7.01. The molecule has 0 saturated heterocycles. The average Bonchev–Trinajstić information content (AvgIpc) is 2.95. The number of ether oxygens (including phenoxy) is 1. The van der Waals surface area contributed by atoms with Crippen LogP contribution in [0.3, 0.4) is 0 Å². The molecule has 5 nitrogen and oxygen atoms in total. The number of esters is 1. The van der Waals surface area contributed by atoms with Crippen molar-refractivity contribution in [1.82, 2.24) is 10.3 Å². The van der Waals surface area contributed by atoms with Crippen LogP contribution < -0.4 is 5.32 Å². The molecule has 0 saturated carbocycles. The van der Waals surface area contributed by atoms with Crippen LogP contribution in [0, 0.1) is 13.8 Å². The van der Waals surface area contributed by atoms with Gasteiger partial charge in [0.25, 0.3) is 0 Å². The summed E-state index contributed by atoms with van der Waals surface area (Å²) >= 11 is 0. The number of aromatic amines is 1. The highest BCUT2D eigenvalue weighted by atomic mass is 16.5. The monoisotopic (exact) mass is 354 g/mol. The van der Waals surface area contributed by atoms with Gasteiger partial charge in [-0.3, -0.25) is 4.79 Å². The molecule has 0 radical (unpaired) electrons. The van der Waals surface area contributed by atoms with E-state index in [0.29, 0.717) is 22.5 Å². The summed E-state index contributed by atoms with van der Waals surface area (Å²) in [5.41, 5.74) is 4.88. The molecule has 1 aliphatic rings. The highest BCUT2D eigenvalue weighted by Gasteiger charge is 2.28. The average molecular weight is 354 g/mol. The Hall–Kier alpha value is -2.40. The van der Waals surface area contributed by atoms with Crippen molar-refractivity contribution < 1.29 is 14.3 Å². The molecule has 138 valence electrons. The summed E-state index contributed by atoms with van der Waals surface area (Å²) in [6.07, 6.45) is 3.22. The lowest BCUT2D eigenvalue weighted by atomic mass is 9.87. The van der Waals surface area contributed by atoms with Crippen LogP contribution in [0.15, 0.2) is 24.3 Å². The number of carbonyl (C=O) groups excluding carboxylic acids is 2. The molecule has 1 aromatic carbocycles. The van der Waals surface area contributed by atoms with E-state index in [-0.39, 0.29) is 17.9 Å². The quantitative estimate of drug-likeness (QED) is 0.635. The molecule has 1 heterocycles. The predicted octanol–water partition coefficient (Wildman–Crippen LogP) is 3.66. The van der Waals surface area contributed by atoms with Gasteiger partial charge < -0.3 is 15.0 Å². The SMILES string of the molecule is COC(=O)c1c(C)[nH]c(C(=O)[C@@H](C)N[C@H]2CCCc3ccccc32)c1C. The minimum absolute atomic E-state index is 0.0381. The van der Waals surface area contributed by atoms with E-state index in [1.54, 1.807) is 13.8 Å². The Bertz CT molecular complexity index is 838. The number of aryl methyl sites for hydroxylation is 2. The van der Waals surface area contributed by atoms with Crippen molar-refractivity contribution in [2.75, 3.05) is 7.11 Å². The van der Waals surface area contributed by atoms with Gasteiger partial charge in [0.1, 0.15) is 0 Å². The minimum atomic E-state index is -0.419. The van der Waals surface area contributed by atoms with Gasteiger partial charge in [-0.05, 0) is 56.7 Å². The zero-order valence-electron chi connectivity index (χ0n) is 15.8. The van der Waals surface area contributed by atoms with E-state index in [4.69, 9.17) is 4.74 Å². The lowest BCUT2D eigenvalue weighted by Crippen LogP contribution is -2.38. The third-order valence-corrected chi connectivity index (χ3v) is 5.29.